The van der Waals surface area contributed by atoms with Crippen LogP contribution in [-0.2, 0) is 10.0 Å². The first-order valence-electron chi connectivity index (χ1n) is 7.75. The third-order valence-corrected chi connectivity index (χ3v) is 5.76. The van der Waals surface area contributed by atoms with Gasteiger partial charge in [0.2, 0.25) is 10.0 Å². The predicted octanol–water partition coefficient (Wildman–Crippen LogP) is 2.22. The van der Waals surface area contributed by atoms with E-state index >= 15 is 0 Å². The summed E-state index contributed by atoms with van der Waals surface area (Å²) in [6.07, 6.45) is 6.03. The topological polar surface area (TPSA) is 49.4 Å². The molecule has 1 N–H and O–H groups in total. The number of hydrogen-bond donors (Lipinski definition) is 1. The highest BCUT2D eigenvalue weighted by molar-refractivity contribution is 7.89. The smallest absolute Gasteiger partial charge is 0.214 e. The van der Waals surface area contributed by atoms with Crippen molar-refractivity contribution < 1.29 is 8.42 Å². The lowest BCUT2D eigenvalue weighted by atomic mass is 10.0. The molecule has 1 saturated heterocycles. The standard InChI is InChI=1S/C14H30N2O2S/c1-3-9-15-10-4-5-13-19(17,18)16-11-6-7-14(2)8-12-16/h14-15H,3-13H2,1-2H3. The molecule has 19 heavy (non-hydrogen) atoms. The maximum Gasteiger partial charge on any atom is 0.214 e. The van der Waals surface area contributed by atoms with Gasteiger partial charge in [-0.3, -0.25) is 0 Å². The van der Waals surface area contributed by atoms with Gasteiger partial charge in [0.1, 0.15) is 0 Å². The summed E-state index contributed by atoms with van der Waals surface area (Å²) in [6.45, 7) is 7.75. The van der Waals surface area contributed by atoms with E-state index in [0.717, 1.165) is 64.7 Å². The SMILES string of the molecule is CCCNCCCCS(=O)(=O)N1CCCC(C)CC1. The molecule has 1 aliphatic rings. The molecule has 5 heteroatoms. The Kier molecular flexibility index (Phi) is 7.95. The molecule has 0 amide bonds. The molecule has 114 valence electrons. The van der Waals surface area contributed by atoms with Crippen LogP contribution in [0.1, 0.15) is 52.4 Å². The Morgan fingerprint density at radius 2 is 1.95 bits per heavy atom. The molecule has 1 aliphatic heterocycles. The van der Waals surface area contributed by atoms with E-state index in [1.807, 2.05) is 0 Å². The number of rotatable bonds is 8. The second-order valence-corrected chi connectivity index (χ2v) is 7.80. The van der Waals surface area contributed by atoms with Crippen molar-refractivity contribution in [2.45, 2.75) is 52.4 Å². The molecule has 0 aliphatic carbocycles. The van der Waals surface area contributed by atoms with Crippen molar-refractivity contribution in [3.05, 3.63) is 0 Å². The first-order valence-corrected chi connectivity index (χ1v) is 9.35. The molecule has 4 nitrogen and oxygen atoms in total. The Morgan fingerprint density at radius 1 is 1.16 bits per heavy atom. The Morgan fingerprint density at radius 3 is 2.68 bits per heavy atom. The average molecular weight is 290 g/mol. The van der Waals surface area contributed by atoms with Crippen LogP contribution in [0.2, 0.25) is 0 Å². The van der Waals surface area contributed by atoms with Crippen molar-refractivity contribution >= 4 is 10.0 Å². The van der Waals surface area contributed by atoms with Crippen LogP contribution < -0.4 is 5.32 Å². The van der Waals surface area contributed by atoms with Gasteiger partial charge in [-0.1, -0.05) is 13.8 Å². The third kappa shape index (κ3) is 6.72. The monoisotopic (exact) mass is 290 g/mol. The summed E-state index contributed by atoms with van der Waals surface area (Å²) >= 11 is 0. The Balaban J connectivity index is 2.26. The normalized spacial score (nSPS) is 22.3. The minimum atomic E-state index is -3.02. The zero-order valence-corrected chi connectivity index (χ0v) is 13.3. The fraction of sp³-hybridized carbons (Fsp3) is 1.00. The van der Waals surface area contributed by atoms with E-state index in [1.54, 1.807) is 4.31 Å². The number of unbranched alkanes of at least 4 members (excludes halogenated alkanes) is 1. The van der Waals surface area contributed by atoms with Crippen molar-refractivity contribution in [2.75, 3.05) is 31.9 Å². The fourth-order valence-corrected chi connectivity index (χ4v) is 4.10. The summed E-state index contributed by atoms with van der Waals surface area (Å²) < 4.78 is 26.2. The second kappa shape index (κ2) is 8.93. The summed E-state index contributed by atoms with van der Waals surface area (Å²) in [5.41, 5.74) is 0. The van der Waals surface area contributed by atoms with Gasteiger partial charge in [-0.25, -0.2) is 12.7 Å². The molecule has 0 bridgehead atoms. The lowest BCUT2D eigenvalue weighted by Gasteiger charge is -2.20. The molecule has 1 heterocycles. The fourth-order valence-electron chi connectivity index (χ4n) is 2.48. The molecule has 1 fully saturated rings. The van der Waals surface area contributed by atoms with E-state index in [-0.39, 0.29) is 0 Å². The van der Waals surface area contributed by atoms with Gasteiger partial charge in [0.05, 0.1) is 5.75 Å². The van der Waals surface area contributed by atoms with Crippen molar-refractivity contribution in [2.24, 2.45) is 5.92 Å². The zero-order valence-electron chi connectivity index (χ0n) is 12.5. The van der Waals surface area contributed by atoms with E-state index in [9.17, 15) is 8.42 Å². The molecule has 0 spiro atoms. The van der Waals surface area contributed by atoms with Crippen molar-refractivity contribution in [1.29, 1.82) is 0 Å². The van der Waals surface area contributed by atoms with Crippen LogP contribution in [-0.4, -0.2) is 44.7 Å². The predicted molar refractivity (Wildman–Crippen MR) is 80.8 cm³/mol. The van der Waals surface area contributed by atoms with Crippen LogP contribution in [0.5, 0.6) is 0 Å². The molecule has 1 atom stereocenters. The van der Waals surface area contributed by atoms with E-state index in [4.69, 9.17) is 0 Å². The maximum atomic E-state index is 12.2. The highest BCUT2D eigenvalue weighted by atomic mass is 32.2. The van der Waals surface area contributed by atoms with Gasteiger partial charge in [-0.2, -0.15) is 0 Å². The van der Waals surface area contributed by atoms with Crippen LogP contribution in [0.3, 0.4) is 0 Å². The summed E-state index contributed by atoms with van der Waals surface area (Å²) in [5.74, 6) is 0.980. The number of nitrogens with zero attached hydrogens (tertiary/aromatic N) is 1. The number of hydrogen-bond acceptors (Lipinski definition) is 3. The van der Waals surface area contributed by atoms with Crippen LogP contribution in [0.25, 0.3) is 0 Å². The van der Waals surface area contributed by atoms with Crippen molar-refractivity contribution in [3.63, 3.8) is 0 Å². The Hall–Kier alpha value is -0.130. The van der Waals surface area contributed by atoms with Crippen LogP contribution >= 0.6 is 0 Å². The lowest BCUT2D eigenvalue weighted by Crippen LogP contribution is -2.34. The van der Waals surface area contributed by atoms with Gasteiger partial charge in [-0.05, 0) is 57.5 Å². The average Bonchev–Trinajstić information content (AvgIpc) is 2.59. The molecule has 0 aromatic rings. The molecule has 1 unspecified atom stereocenters. The largest absolute Gasteiger partial charge is 0.317 e. The quantitative estimate of drug-likeness (QED) is 0.697. The van der Waals surface area contributed by atoms with Crippen LogP contribution in [0, 0.1) is 5.92 Å². The van der Waals surface area contributed by atoms with Crippen LogP contribution in [0.15, 0.2) is 0 Å². The lowest BCUT2D eigenvalue weighted by molar-refractivity contribution is 0.415. The Bertz CT molecular complexity index is 330. The van der Waals surface area contributed by atoms with Gasteiger partial charge in [0.25, 0.3) is 0 Å². The minimum Gasteiger partial charge on any atom is -0.317 e. The number of sulfonamides is 1. The third-order valence-electron chi connectivity index (χ3n) is 3.80. The molecule has 0 aromatic carbocycles. The van der Waals surface area contributed by atoms with Gasteiger partial charge >= 0.3 is 0 Å². The molecule has 0 saturated carbocycles. The summed E-state index contributed by atoms with van der Waals surface area (Å²) in [5, 5.41) is 3.31. The first-order chi connectivity index (χ1) is 9.06. The van der Waals surface area contributed by atoms with Crippen molar-refractivity contribution in [1.82, 2.24) is 9.62 Å². The zero-order chi connectivity index (χ0) is 14.1. The highest BCUT2D eigenvalue weighted by Crippen LogP contribution is 2.19. The van der Waals surface area contributed by atoms with Crippen LogP contribution in [0.4, 0.5) is 0 Å². The number of nitrogens with one attached hydrogen (secondary N) is 1. The van der Waals surface area contributed by atoms with E-state index in [0.29, 0.717) is 11.7 Å². The minimum absolute atomic E-state index is 0.315. The Labute approximate surface area is 119 Å². The van der Waals surface area contributed by atoms with Gasteiger partial charge < -0.3 is 5.32 Å². The maximum absolute atomic E-state index is 12.2. The summed E-state index contributed by atoms with van der Waals surface area (Å²) in [7, 11) is -3.02. The van der Waals surface area contributed by atoms with Gasteiger partial charge in [-0.15, -0.1) is 0 Å². The second-order valence-electron chi connectivity index (χ2n) is 5.71. The van der Waals surface area contributed by atoms with Gasteiger partial charge in [0, 0.05) is 13.1 Å². The highest BCUT2D eigenvalue weighted by Gasteiger charge is 2.24. The molecule has 0 aromatic heterocycles. The molecule has 1 rings (SSSR count). The summed E-state index contributed by atoms with van der Waals surface area (Å²) in [4.78, 5) is 0. The van der Waals surface area contributed by atoms with E-state index < -0.39 is 10.0 Å². The van der Waals surface area contributed by atoms with Crippen molar-refractivity contribution in [3.8, 4) is 0 Å². The van der Waals surface area contributed by atoms with Gasteiger partial charge in [0.15, 0.2) is 0 Å². The first kappa shape index (κ1) is 16.9. The molecular formula is C14H30N2O2S. The molecule has 0 radical (unpaired) electrons. The van der Waals surface area contributed by atoms with E-state index in [1.165, 1.54) is 0 Å². The molecular weight excluding hydrogens is 260 g/mol. The summed E-state index contributed by atoms with van der Waals surface area (Å²) in [6, 6.07) is 0. The van der Waals surface area contributed by atoms with E-state index in [2.05, 4.69) is 19.2 Å².